The number of carbonyl (C=O) groups is 1. The molecule has 35 heavy (non-hydrogen) atoms. The molecule has 1 aliphatic heterocycles. The summed E-state index contributed by atoms with van der Waals surface area (Å²) in [4.78, 5) is 23.8. The highest BCUT2D eigenvalue weighted by molar-refractivity contribution is 6.33. The molecule has 0 aliphatic carbocycles. The van der Waals surface area contributed by atoms with Crippen molar-refractivity contribution in [3.63, 3.8) is 0 Å². The van der Waals surface area contributed by atoms with E-state index in [1.165, 1.54) is 11.1 Å². The van der Waals surface area contributed by atoms with Crippen molar-refractivity contribution in [1.29, 1.82) is 0 Å². The van der Waals surface area contributed by atoms with Gasteiger partial charge in [0.15, 0.2) is 5.82 Å². The van der Waals surface area contributed by atoms with Crippen LogP contribution in [-0.4, -0.2) is 60.7 Å². The highest BCUT2D eigenvalue weighted by atomic mass is 35.5. The van der Waals surface area contributed by atoms with Crippen LogP contribution in [0.15, 0.2) is 48.7 Å². The zero-order chi connectivity index (χ0) is 24.6. The molecule has 0 unspecified atom stereocenters. The largest absolute Gasteiger partial charge is 0.383 e. The second kappa shape index (κ2) is 12.0. The monoisotopic (exact) mass is 494 g/mol. The summed E-state index contributed by atoms with van der Waals surface area (Å²) in [6, 6.07) is 13.6. The van der Waals surface area contributed by atoms with Gasteiger partial charge in [-0.15, -0.1) is 0 Å². The third-order valence-corrected chi connectivity index (χ3v) is 6.25. The Bertz CT molecular complexity index is 1170. The van der Waals surface area contributed by atoms with Crippen LogP contribution in [0.1, 0.15) is 28.4 Å². The topological polar surface area (TPSA) is 91.4 Å². The quantitative estimate of drug-likeness (QED) is 0.405. The summed E-state index contributed by atoms with van der Waals surface area (Å²) in [6.45, 7) is 6.18. The average Bonchev–Trinajstić information content (AvgIpc) is 3.07. The summed E-state index contributed by atoms with van der Waals surface area (Å²) in [6.07, 6.45) is 3.56. The Kier molecular flexibility index (Phi) is 8.52. The molecule has 0 radical (unpaired) electrons. The highest BCUT2D eigenvalue weighted by Crippen LogP contribution is 2.28. The molecule has 2 aromatic carbocycles. The van der Waals surface area contributed by atoms with Gasteiger partial charge in [-0.3, -0.25) is 4.79 Å². The molecule has 4 rings (SSSR count). The van der Waals surface area contributed by atoms with Gasteiger partial charge in [0, 0.05) is 39.0 Å². The minimum absolute atomic E-state index is 0.162. The number of methoxy groups -OCH3 is 1. The van der Waals surface area contributed by atoms with Gasteiger partial charge in [-0.05, 0) is 55.2 Å². The molecule has 0 spiro atoms. The summed E-state index contributed by atoms with van der Waals surface area (Å²) in [5.41, 5.74) is 4.76. The lowest BCUT2D eigenvalue weighted by molar-refractivity contribution is 0.0956. The number of para-hydroxylation sites is 1. The normalized spacial score (nSPS) is 13.6. The summed E-state index contributed by atoms with van der Waals surface area (Å²) in [5.74, 6) is 0.678. The van der Waals surface area contributed by atoms with Crippen molar-refractivity contribution in [2.24, 2.45) is 0 Å². The molecule has 1 amide bonds. The number of anilines is 4. The van der Waals surface area contributed by atoms with E-state index in [2.05, 4.69) is 49.0 Å². The lowest BCUT2D eigenvalue weighted by atomic mass is 10.0. The van der Waals surface area contributed by atoms with Crippen LogP contribution >= 0.6 is 11.6 Å². The lowest BCUT2D eigenvalue weighted by Crippen LogP contribution is -2.29. The molecule has 3 N–H and O–H groups in total. The molecule has 1 aliphatic rings. The van der Waals surface area contributed by atoms with Crippen molar-refractivity contribution in [1.82, 2.24) is 20.2 Å². The van der Waals surface area contributed by atoms with E-state index in [0.717, 1.165) is 44.8 Å². The molecule has 0 fully saturated rings. The fourth-order valence-corrected chi connectivity index (χ4v) is 4.25. The molecule has 1 aromatic heterocycles. The van der Waals surface area contributed by atoms with Gasteiger partial charge in [0.2, 0.25) is 5.95 Å². The third-order valence-electron chi connectivity index (χ3n) is 5.97. The standard InChI is InChI=1S/C26H31ClN6O2/c1-3-28-25(34)21-6-4-5-7-23(21)31-24-22(27)17-29-26(32-24)30-20-9-8-18-10-12-33(14-15-35-2)13-11-19(18)16-20/h4-9,16-17H,3,10-15H2,1-2H3,(H,28,34)(H2,29,30,31,32). The van der Waals surface area contributed by atoms with Gasteiger partial charge >= 0.3 is 0 Å². The number of rotatable bonds is 9. The van der Waals surface area contributed by atoms with E-state index < -0.39 is 0 Å². The van der Waals surface area contributed by atoms with Crippen molar-refractivity contribution >= 4 is 40.6 Å². The number of aromatic nitrogens is 2. The fraction of sp³-hybridized carbons (Fsp3) is 0.346. The molecule has 3 aromatic rings. The minimum atomic E-state index is -0.162. The minimum Gasteiger partial charge on any atom is -0.383 e. The highest BCUT2D eigenvalue weighted by Gasteiger charge is 2.16. The Labute approximate surface area is 211 Å². The molecule has 184 valence electrons. The number of nitrogens with zero attached hydrogens (tertiary/aromatic N) is 3. The first-order valence-corrected chi connectivity index (χ1v) is 12.2. The summed E-state index contributed by atoms with van der Waals surface area (Å²) in [7, 11) is 1.74. The number of hydrogen-bond acceptors (Lipinski definition) is 7. The van der Waals surface area contributed by atoms with E-state index >= 15 is 0 Å². The Morgan fingerprint density at radius 1 is 1.11 bits per heavy atom. The van der Waals surface area contributed by atoms with Crippen LogP contribution in [0, 0.1) is 0 Å². The molecule has 0 saturated carbocycles. The van der Waals surface area contributed by atoms with E-state index in [0.29, 0.717) is 34.6 Å². The average molecular weight is 495 g/mol. The molecule has 9 heteroatoms. The number of fused-ring (bicyclic) bond motifs is 1. The van der Waals surface area contributed by atoms with Gasteiger partial charge in [0.1, 0.15) is 5.02 Å². The zero-order valence-corrected chi connectivity index (χ0v) is 20.9. The van der Waals surface area contributed by atoms with Gasteiger partial charge in [0.25, 0.3) is 5.91 Å². The summed E-state index contributed by atoms with van der Waals surface area (Å²) >= 11 is 6.38. The fourth-order valence-electron chi connectivity index (χ4n) is 4.11. The maximum Gasteiger partial charge on any atom is 0.253 e. The van der Waals surface area contributed by atoms with E-state index in [-0.39, 0.29) is 5.91 Å². The van der Waals surface area contributed by atoms with Crippen molar-refractivity contribution < 1.29 is 9.53 Å². The second-order valence-electron chi connectivity index (χ2n) is 8.36. The van der Waals surface area contributed by atoms with Crippen LogP contribution in [0.5, 0.6) is 0 Å². The van der Waals surface area contributed by atoms with Crippen molar-refractivity contribution in [2.45, 2.75) is 19.8 Å². The van der Waals surface area contributed by atoms with E-state index in [4.69, 9.17) is 16.3 Å². The number of halogens is 1. The number of ether oxygens (including phenoxy) is 1. The molecule has 0 atom stereocenters. The Balaban J connectivity index is 1.49. The van der Waals surface area contributed by atoms with Crippen molar-refractivity contribution in [3.8, 4) is 0 Å². The van der Waals surface area contributed by atoms with E-state index in [9.17, 15) is 4.79 Å². The number of benzene rings is 2. The number of nitrogens with one attached hydrogen (secondary N) is 3. The van der Waals surface area contributed by atoms with Crippen LogP contribution in [0.4, 0.5) is 23.1 Å². The van der Waals surface area contributed by atoms with Gasteiger partial charge in [-0.2, -0.15) is 4.98 Å². The summed E-state index contributed by atoms with van der Waals surface area (Å²) < 4.78 is 5.23. The van der Waals surface area contributed by atoms with Crippen molar-refractivity contribution in [3.05, 3.63) is 70.4 Å². The number of hydrogen-bond donors (Lipinski definition) is 3. The molecule has 8 nitrogen and oxygen atoms in total. The van der Waals surface area contributed by atoms with Gasteiger partial charge in [-0.1, -0.05) is 29.8 Å². The van der Waals surface area contributed by atoms with Gasteiger partial charge in [-0.25, -0.2) is 4.98 Å². The lowest BCUT2D eigenvalue weighted by Gasteiger charge is -2.18. The number of carbonyl (C=O) groups excluding carboxylic acids is 1. The van der Waals surface area contributed by atoms with Crippen LogP contribution in [0.25, 0.3) is 0 Å². The predicted molar refractivity (Wildman–Crippen MR) is 140 cm³/mol. The molecule has 0 saturated heterocycles. The Morgan fingerprint density at radius 3 is 2.71 bits per heavy atom. The predicted octanol–water partition coefficient (Wildman–Crippen LogP) is 4.41. The molecule has 0 bridgehead atoms. The van der Waals surface area contributed by atoms with Crippen LogP contribution in [-0.2, 0) is 17.6 Å². The number of amides is 1. The Hall–Kier alpha value is -3.20. The Morgan fingerprint density at radius 2 is 1.91 bits per heavy atom. The maximum absolute atomic E-state index is 12.4. The first kappa shape index (κ1) is 24.9. The van der Waals surface area contributed by atoms with Crippen LogP contribution in [0.2, 0.25) is 5.02 Å². The molecular weight excluding hydrogens is 464 g/mol. The maximum atomic E-state index is 12.4. The van der Waals surface area contributed by atoms with E-state index in [1.54, 1.807) is 19.4 Å². The first-order valence-electron chi connectivity index (χ1n) is 11.8. The smallest absolute Gasteiger partial charge is 0.253 e. The summed E-state index contributed by atoms with van der Waals surface area (Å²) in [5, 5.41) is 9.67. The molecule has 2 heterocycles. The van der Waals surface area contributed by atoms with Crippen LogP contribution < -0.4 is 16.0 Å². The SMILES string of the molecule is CCNC(=O)c1ccccc1Nc1nc(Nc2ccc3c(c2)CCN(CCOC)CC3)ncc1Cl. The first-order chi connectivity index (χ1) is 17.1. The van der Waals surface area contributed by atoms with Gasteiger partial charge < -0.3 is 25.6 Å². The van der Waals surface area contributed by atoms with E-state index in [1.807, 2.05) is 25.1 Å². The van der Waals surface area contributed by atoms with Crippen molar-refractivity contribution in [2.75, 3.05) is 50.5 Å². The van der Waals surface area contributed by atoms with Crippen LogP contribution in [0.3, 0.4) is 0 Å². The van der Waals surface area contributed by atoms with Gasteiger partial charge in [0.05, 0.1) is 24.1 Å². The third kappa shape index (κ3) is 6.48. The second-order valence-corrected chi connectivity index (χ2v) is 8.77. The molecular formula is C26H31ClN6O2. The zero-order valence-electron chi connectivity index (χ0n) is 20.1.